The Morgan fingerprint density at radius 3 is 2.31 bits per heavy atom. The Kier molecular flexibility index (Phi) is 8.30. The number of nitrogens with two attached hydrogens (primary N) is 2. The summed E-state index contributed by atoms with van der Waals surface area (Å²) in [5, 5.41) is 16.9. The molecule has 0 aliphatic rings. The van der Waals surface area contributed by atoms with E-state index in [2.05, 4.69) is 20.9 Å². The molecule has 3 atom stereocenters. The number of aromatic nitrogens is 1. The molecule has 0 bridgehead atoms. The molecule has 0 aliphatic carbocycles. The average Bonchev–Trinajstić information content (AvgIpc) is 3.15. The number of carbonyl (C=O) groups excluding carboxylic acids is 4. The van der Waals surface area contributed by atoms with Gasteiger partial charge in [0.25, 0.3) is 0 Å². The minimum atomic E-state index is -1.43. The maximum absolute atomic E-state index is 12.9. The van der Waals surface area contributed by atoms with Crippen molar-refractivity contribution >= 4 is 40.5 Å². The summed E-state index contributed by atoms with van der Waals surface area (Å²) in [4.78, 5) is 62.7. The van der Waals surface area contributed by atoms with Gasteiger partial charge in [-0.1, -0.05) is 18.2 Å². The summed E-state index contributed by atoms with van der Waals surface area (Å²) in [6.07, 6.45) is 1.20. The van der Waals surface area contributed by atoms with Crippen molar-refractivity contribution in [3.8, 4) is 0 Å². The van der Waals surface area contributed by atoms with Gasteiger partial charge in [0.15, 0.2) is 0 Å². The summed E-state index contributed by atoms with van der Waals surface area (Å²) in [5.74, 6) is -4.44. The lowest BCUT2D eigenvalue weighted by atomic mass is 10.0. The molecule has 3 unspecified atom stereocenters. The van der Waals surface area contributed by atoms with Gasteiger partial charge in [0.1, 0.15) is 18.1 Å². The molecule has 0 radical (unpaired) electrons. The van der Waals surface area contributed by atoms with Gasteiger partial charge >= 0.3 is 5.97 Å². The van der Waals surface area contributed by atoms with E-state index >= 15 is 0 Å². The van der Waals surface area contributed by atoms with Gasteiger partial charge in [0.05, 0.1) is 13.0 Å². The topological polar surface area (TPSA) is 209 Å². The Labute approximate surface area is 183 Å². The molecule has 1 aromatic carbocycles. The molecule has 4 amide bonds. The number of carboxylic acid groups (broad SMARTS) is 1. The van der Waals surface area contributed by atoms with Gasteiger partial charge < -0.3 is 37.5 Å². The number of para-hydroxylation sites is 1. The number of benzene rings is 1. The highest BCUT2D eigenvalue weighted by atomic mass is 16.4. The van der Waals surface area contributed by atoms with E-state index in [1.807, 2.05) is 24.3 Å². The lowest BCUT2D eigenvalue weighted by Gasteiger charge is -2.23. The number of nitrogens with one attached hydrogen (secondary N) is 4. The van der Waals surface area contributed by atoms with Crippen molar-refractivity contribution in [1.82, 2.24) is 20.9 Å². The van der Waals surface area contributed by atoms with Gasteiger partial charge in [-0.2, -0.15) is 0 Å². The van der Waals surface area contributed by atoms with Crippen molar-refractivity contribution < 1.29 is 29.1 Å². The summed E-state index contributed by atoms with van der Waals surface area (Å²) in [6, 6.07) is 3.56. The van der Waals surface area contributed by atoms with Gasteiger partial charge in [-0.05, 0) is 18.6 Å². The van der Waals surface area contributed by atoms with Crippen molar-refractivity contribution in [2.75, 3.05) is 6.54 Å². The van der Waals surface area contributed by atoms with Gasteiger partial charge in [-0.25, -0.2) is 0 Å². The average molecular weight is 446 g/mol. The van der Waals surface area contributed by atoms with Crippen LogP contribution in [0.15, 0.2) is 30.5 Å². The molecule has 2 rings (SSSR count). The molecule has 1 heterocycles. The first-order valence-electron chi connectivity index (χ1n) is 9.78. The minimum Gasteiger partial charge on any atom is -0.480 e. The molecule has 0 saturated heterocycles. The molecule has 12 nitrogen and oxygen atoms in total. The highest BCUT2D eigenvalue weighted by molar-refractivity contribution is 5.96. The van der Waals surface area contributed by atoms with Crippen LogP contribution in [0.4, 0.5) is 0 Å². The van der Waals surface area contributed by atoms with Crippen molar-refractivity contribution in [2.24, 2.45) is 11.5 Å². The molecule has 1 aromatic heterocycles. The van der Waals surface area contributed by atoms with E-state index in [0.29, 0.717) is 0 Å². The number of amides is 4. The Hall–Kier alpha value is -3.93. The van der Waals surface area contributed by atoms with Crippen LogP contribution in [0.25, 0.3) is 10.9 Å². The fraction of sp³-hybridized carbons (Fsp3) is 0.350. The van der Waals surface area contributed by atoms with Gasteiger partial charge in [-0.15, -0.1) is 0 Å². The third kappa shape index (κ3) is 6.54. The Morgan fingerprint density at radius 1 is 1.03 bits per heavy atom. The third-order valence-corrected chi connectivity index (χ3v) is 4.70. The number of primary amides is 1. The van der Waals surface area contributed by atoms with Crippen LogP contribution in [0.3, 0.4) is 0 Å². The van der Waals surface area contributed by atoms with Gasteiger partial charge in [0, 0.05) is 23.5 Å². The van der Waals surface area contributed by atoms with Crippen LogP contribution >= 0.6 is 0 Å². The number of rotatable bonds is 11. The van der Waals surface area contributed by atoms with E-state index in [9.17, 15) is 24.0 Å². The Bertz CT molecular complexity index is 1020. The van der Waals surface area contributed by atoms with E-state index in [1.165, 1.54) is 6.92 Å². The number of hydrogen-bond acceptors (Lipinski definition) is 6. The molecule has 9 N–H and O–H groups in total. The minimum absolute atomic E-state index is 0.0675. The first-order chi connectivity index (χ1) is 15.1. The molecular formula is C20H26N6O6. The molecule has 0 saturated carbocycles. The maximum Gasteiger partial charge on any atom is 0.325 e. The number of aliphatic carboxylic acids is 1. The first kappa shape index (κ1) is 24.3. The normalized spacial score (nSPS) is 13.6. The van der Waals surface area contributed by atoms with Crippen molar-refractivity contribution in [3.63, 3.8) is 0 Å². The lowest BCUT2D eigenvalue weighted by Crippen LogP contribution is -2.57. The smallest absolute Gasteiger partial charge is 0.325 e. The van der Waals surface area contributed by atoms with E-state index in [1.54, 1.807) is 6.20 Å². The number of H-pyrrole nitrogens is 1. The van der Waals surface area contributed by atoms with Crippen LogP contribution in [0, 0.1) is 0 Å². The predicted molar refractivity (Wildman–Crippen MR) is 114 cm³/mol. The quantitative estimate of drug-likeness (QED) is 0.208. The van der Waals surface area contributed by atoms with Crippen molar-refractivity contribution in [3.05, 3.63) is 36.0 Å². The number of fused-ring (bicyclic) bond motifs is 1. The SMILES string of the molecule is CC(NC(=O)C(CC(N)=O)NC(=O)C(Cc1c[nH]c2ccccc12)NC(=O)CN)C(=O)O. The third-order valence-electron chi connectivity index (χ3n) is 4.70. The summed E-state index contributed by atoms with van der Waals surface area (Å²) < 4.78 is 0. The lowest BCUT2D eigenvalue weighted by molar-refractivity contribution is -0.142. The summed E-state index contributed by atoms with van der Waals surface area (Å²) in [6.45, 7) is 0.865. The van der Waals surface area contributed by atoms with Gasteiger partial charge in [-0.3, -0.25) is 24.0 Å². The molecular weight excluding hydrogens is 420 g/mol. The fourth-order valence-corrected chi connectivity index (χ4v) is 3.04. The zero-order chi connectivity index (χ0) is 23.8. The van der Waals surface area contributed by atoms with Crippen molar-refractivity contribution in [2.45, 2.75) is 37.9 Å². The molecule has 172 valence electrons. The van der Waals surface area contributed by atoms with Crippen LogP contribution in [0.5, 0.6) is 0 Å². The van der Waals surface area contributed by atoms with Crippen LogP contribution in [-0.4, -0.2) is 64.4 Å². The van der Waals surface area contributed by atoms with E-state index in [0.717, 1.165) is 16.5 Å². The summed E-state index contributed by atoms with van der Waals surface area (Å²) in [5.41, 5.74) is 12.1. The largest absolute Gasteiger partial charge is 0.480 e. The second-order valence-electron chi connectivity index (χ2n) is 7.19. The number of aromatic amines is 1. The second-order valence-corrected chi connectivity index (χ2v) is 7.19. The second kappa shape index (κ2) is 10.9. The Balaban J connectivity index is 2.23. The molecule has 32 heavy (non-hydrogen) atoms. The summed E-state index contributed by atoms with van der Waals surface area (Å²) >= 11 is 0. The van der Waals surface area contributed by atoms with E-state index < -0.39 is 54.1 Å². The molecule has 0 spiro atoms. The monoisotopic (exact) mass is 446 g/mol. The standard InChI is InChI=1S/C20H26N6O6/c1-10(20(31)32)24-18(29)15(7-16(22)27)26-19(30)14(25-17(28)8-21)6-11-9-23-13-5-3-2-4-12(11)13/h2-5,9-10,14-15,23H,6-8,21H2,1H3,(H2,22,27)(H,24,29)(H,25,28)(H,26,30)(H,31,32). The number of carboxylic acids is 1. The van der Waals surface area contributed by atoms with Crippen LogP contribution in [-0.2, 0) is 30.4 Å². The molecule has 12 heteroatoms. The maximum atomic E-state index is 12.9. The van der Waals surface area contributed by atoms with Crippen LogP contribution < -0.4 is 27.4 Å². The molecule has 2 aromatic rings. The number of carbonyl (C=O) groups is 5. The van der Waals surface area contributed by atoms with E-state index in [4.69, 9.17) is 16.6 Å². The summed E-state index contributed by atoms with van der Waals surface area (Å²) in [7, 11) is 0. The van der Waals surface area contributed by atoms with Crippen LogP contribution in [0.1, 0.15) is 18.9 Å². The molecule has 0 aliphatic heterocycles. The van der Waals surface area contributed by atoms with E-state index in [-0.39, 0.29) is 13.0 Å². The zero-order valence-corrected chi connectivity index (χ0v) is 17.4. The zero-order valence-electron chi connectivity index (χ0n) is 17.4. The molecule has 0 fully saturated rings. The Morgan fingerprint density at radius 2 is 1.69 bits per heavy atom. The predicted octanol–water partition coefficient (Wildman–Crippen LogP) is -1.90. The fourth-order valence-electron chi connectivity index (χ4n) is 3.04. The van der Waals surface area contributed by atoms with Crippen molar-refractivity contribution in [1.29, 1.82) is 0 Å². The highest BCUT2D eigenvalue weighted by Crippen LogP contribution is 2.19. The first-order valence-corrected chi connectivity index (χ1v) is 9.78. The highest BCUT2D eigenvalue weighted by Gasteiger charge is 2.30. The van der Waals surface area contributed by atoms with Crippen LogP contribution in [0.2, 0.25) is 0 Å². The number of hydrogen-bond donors (Lipinski definition) is 7. The van der Waals surface area contributed by atoms with Gasteiger partial charge in [0.2, 0.25) is 23.6 Å².